The molecule has 2 aromatic carbocycles. The first-order valence-corrected chi connectivity index (χ1v) is 11.2. The van der Waals surface area contributed by atoms with Gasteiger partial charge in [-0.3, -0.25) is 4.79 Å². The number of nitrogens with two attached hydrogens (primary N) is 1. The minimum atomic E-state index is -0.667. The molecule has 3 rings (SSSR count). The number of hydrogen-bond acceptors (Lipinski definition) is 7. The van der Waals surface area contributed by atoms with Crippen molar-refractivity contribution < 1.29 is 19.7 Å². The van der Waals surface area contributed by atoms with Crippen LogP contribution in [0.25, 0.3) is 0 Å². The maximum absolute atomic E-state index is 12.4. The molecule has 180 valence electrons. The summed E-state index contributed by atoms with van der Waals surface area (Å²) >= 11 is 0. The van der Waals surface area contributed by atoms with Crippen molar-refractivity contribution in [1.29, 1.82) is 0 Å². The quantitative estimate of drug-likeness (QED) is 0.295. The molecule has 34 heavy (non-hydrogen) atoms. The largest absolute Gasteiger partial charge is 0.504 e. The lowest BCUT2D eigenvalue weighted by Crippen LogP contribution is -2.32. The van der Waals surface area contributed by atoms with E-state index in [0.29, 0.717) is 30.2 Å². The van der Waals surface area contributed by atoms with Crippen LogP contribution in [-0.2, 0) is 24.2 Å². The molecule has 8 heteroatoms. The zero-order valence-corrected chi connectivity index (χ0v) is 19.5. The van der Waals surface area contributed by atoms with Crippen LogP contribution < -0.4 is 21.1 Å². The van der Waals surface area contributed by atoms with Gasteiger partial charge >= 0.3 is 0 Å². The highest BCUT2D eigenvalue weighted by Gasteiger charge is 2.11. The Morgan fingerprint density at radius 2 is 1.91 bits per heavy atom. The Morgan fingerprint density at radius 3 is 2.65 bits per heavy atom. The van der Waals surface area contributed by atoms with E-state index >= 15 is 0 Å². The number of ether oxygens (including phenoxy) is 1. The highest BCUT2D eigenvalue weighted by atomic mass is 16.5. The van der Waals surface area contributed by atoms with Gasteiger partial charge < -0.3 is 31.3 Å². The summed E-state index contributed by atoms with van der Waals surface area (Å²) in [6.07, 6.45) is 1.95. The lowest BCUT2D eigenvalue weighted by atomic mass is 10.0. The number of phenols is 1. The third-order valence-electron chi connectivity index (χ3n) is 5.49. The van der Waals surface area contributed by atoms with Gasteiger partial charge in [0.25, 0.3) is 0 Å². The first kappa shape index (κ1) is 25.0. The molecule has 0 spiro atoms. The second kappa shape index (κ2) is 12.0. The maximum atomic E-state index is 12.4. The number of carbonyl (C=O) groups is 1. The summed E-state index contributed by atoms with van der Waals surface area (Å²) in [6, 6.07) is 16.5. The normalized spacial score (nSPS) is 12.7. The van der Waals surface area contributed by atoms with Crippen molar-refractivity contribution >= 4 is 11.7 Å². The van der Waals surface area contributed by atoms with E-state index in [1.54, 1.807) is 36.5 Å². The molecule has 0 aliphatic rings. The Bertz CT molecular complexity index is 1090. The number of aliphatic hydroxyl groups is 1. The van der Waals surface area contributed by atoms with Gasteiger partial charge in [0, 0.05) is 30.9 Å². The molecule has 0 aliphatic heterocycles. The molecule has 8 nitrogen and oxygen atoms in total. The number of methoxy groups -OCH3 is 1. The second-order valence-electron chi connectivity index (χ2n) is 8.33. The van der Waals surface area contributed by atoms with Crippen molar-refractivity contribution in [3.8, 4) is 11.5 Å². The molecule has 0 bridgehead atoms. The minimum Gasteiger partial charge on any atom is -0.504 e. The van der Waals surface area contributed by atoms with Crippen LogP contribution in [0.1, 0.15) is 35.3 Å². The number of rotatable bonds is 11. The highest BCUT2D eigenvalue weighted by molar-refractivity contribution is 5.78. The zero-order chi connectivity index (χ0) is 24.5. The summed E-state index contributed by atoms with van der Waals surface area (Å²) < 4.78 is 5.10. The number of aliphatic hydroxyl groups excluding tert-OH is 1. The lowest BCUT2D eigenvalue weighted by Gasteiger charge is -2.18. The molecule has 1 aromatic heterocycles. The molecule has 0 saturated carbocycles. The van der Waals surface area contributed by atoms with Crippen molar-refractivity contribution in [3.05, 3.63) is 83.0 Å². The topological polar surface area (TPSA) is 130 Å². The molecule has 2 atom stereocenters. The monoisotopic (exact) mass is 464 g/mol. The SMILES string of the molecule is COc1cc(CNC(=O)Cc2cccc(CC(C)NC[C@@H](O)c3ccc(N)nc3)c2)ccc1O. The van der Waals surface area contributed by atoms with Gasteiger partial charge in [0.2, 0.25) is 5.91 Å². The van der Waals surface area contributed by atoms with E-state index in [9.17, 15) is 15.0 Å². The summed E-state index contributed by atoms with van der Waals surface area (Å²) in [4.78, 5) is 16.4. The summed E-state index contributed by atoms with van der Waals surface area (Å²) in [5.41, 5.74) is 9.18. The van der Waals surface area contributed by atoms with Gasteiger partial charge in [-0.2, -0.15) is 0 Å². The molecule has 3 aromatic rings. The van der Waals surface area contributed by atoms with Gasteiger partial charge in [-0.15, -0.1) is 0 Å². The summed E-state index contributed by atoms with van der Waals surface area (Å²) in [6.45, 7) is 2.80. The molecule has 0 radical (unpaired) electrons. The molecule has 0 saturated heterocycles. The third-order valence-corrected chi connectivity index (χ3v) is 5.49. The van der Waals surface area contributed by atoms with Crippen LogP contribution in [0.4, 0.5) is 5.82 Å². The fraction of sp³-hybridized carbons (Fsp3) is 0.308. The zero-order valence-electron chi connectivity index (χ0n) is 19.5. The van der Waals surface area contributed by atoms with Crippen LogP contribution in [0.2, 0.25) is 0 Å². The number of nitrogen functional groups attached to an aromatic ring is 1. The highest BCUT2D eigenvalue weighted by Crippen LogP contribution is 2.26. The number of phenolic OH excluding ortho intramolecular Hbond substituents is 1. The number of pyridine rings is 1. The smallest absolute Gasteiger partial charge is 0.224 e. The van der Waals surface area contributed by atoms with Gasteiger partial charge in [0.1, 0.15) is 5.82 Å². The van der Waals surface area contributed by atoms with Gasteiger partial charge in [-0.25, -0.2) is 4.98 Å². The number of aromatic hydroxyl groups is 1. The van der Waals surface area contributed by atoms with Crippen LogP contribution in [0.15, 0.2) is 60.8 Å². The molecule has 1 unspecified atom stereocenters. The van der Waals surface area contributed by atoms with E-state index in [1.165, 1.54) is 7.11 Å². The fourth-order valence-electron chi connectivity index (χ4n) is 3.62. The number of hydrogen-bond donors (Lipinski definition) is 5. The Labute approximate surface area is 199 Å². The van der Waals surface area contributed by atoms with E-state index < -0.39 is 6.10 Å². The molecular weight excluding hydrogens is 432 g/mol. The van der Waals surface area contributed by atoms with Crippen LogP contribution >= 0.6 is 0 Å². The van der Waals surface area contributed by atoms with Crippen LogP contribution in [0.5, 0.6) is 11.5 Å². The molecular formula is C26H32N4O4. The van der Waals surface area contributed by atoms with Crippen LogP contribution in [-0.4, -0.2) is 40.8 Å². The van der Waals surface area contributed by atoms with E-state index in [-0.39, 0.29) is 24.1 Å². The minimum absolute atomic E-state index is 0.0647. The van der Waals surface area contributed by atoms with E-state index in [2.05, 4.69) is 22.5 Å². The van der Waals surface area contributed by atoms with Crippen molar-refractivity contribution in [2.24, 2.45) is 0 Å². The first-order valence-electron chi connectivity index (χ1n) is 11.2. The van der Waals surface area contributed by atoms with E-state index in [4.69, 9.17) is 10.5 Å². The Kier molecular flexibility index (Phi) is 8.84. The second-order valence-corrected chi connectivity index (χ2v) is 8.33. The van der Waals surface area contributed by atoms with E-state index in [1.807, 2.05) is 24.3 Å². The molecule has 1 heterocycles. The van der Waals surface area contributed by atoms with E-state index in [0.717, 1.165) is 23.1 Å². The molecule has 0 fully saturated rings. The Hall–Kier alpha value is -3.62. The van der Waals surface area contributed by atoms with Crippen molar-refractivity contribution in [2.75, 3.05) is 19.4 Å². The number of nitrogens with one attached hydrogen (secondary N) is 2. The standard InChI is InChI=1S/C26H32N4O4/c1-17(28-16-23(32)21-7-9-25(27)29-15-21)10-18-4-3-5-19(11-18)13-26(33)30-14-20-6-8-22(31)24(12-20)34-2/h3-9,11-12,15,17,23,28,31-32H,10,13-14,16H2,1-2H3,(H2,27,29)(H,30,33)/t17?,23-/m1/s1. The van der Waals surface area contributed by atoms with Crippen molar-refractivity contribution in [2.45, 2.75) is 38.5 Å². The average Bonchev–Trinajstić information content (AvgIpc) is 2.82. The summed E-state index contributed by atoms with van der Waals surface area (Å²) in [7, 11) is 1.49. The number of carbonyl (C=O) groups excluding carboxylic acids is 1. The third kappa shape index (κ3) is 7.47. The van der Waals surface area contributed by atoms with Gasteiger partial charge in [-0.05, 0) is 48.2 Å². The predicted octanol–water partition coefficient (Wildman–Crippen LogP) is 2.49. The predicted molar refractivity (Wildman–Crippen MR) is 131 cm³/mol. The van der Waals surface area contributed by atoms with Crippen molar-refractivity contribution in [1.82, 2.24) is 15.6 Å². The van der Waals surface area contributed by atoms with Crippen LogP contribution in [0.3, 0.4) is 0 Å². The fourth-order valence-corrected chi connectivity index (χ4v) is 3.62. The summed E-state index contributed by atoms with van der Waals surface area (Å²) in [5, 5.41) is 26.3. The number of aromatic nitrogens is 1. The number of nitrogens with zero attached hydrogens (tertiary/aromatic N) is 1. The van der Waals surface area contributed by atoms with Gasteiger partial charge in [0.05, 0.1) is 19.6 Å². The van der Waals surface area contributed by atoms with Gasteiger partial charge in [0.15, 0.2) is 11.5 Å². The number of benzene rings is 2. The number of anilines is 1. The lowest BCUT2D eigenvalue weighted by molar-refractivity contribution is -0.120. The molecule has 6 N–H and O–H groups in total. The van der Waals surface area contributed by atoms with Gasteiger partial charge in [-0.1, -0.05) is 36.4 Å². The maximum Gasteiger partial charge on any atom is 0.224 e. The molecule has 1 amide bonds. The van der Waals surface area contributed by atoms with Crippen molar-refractivity contribution in [3.63, 3.8) is 0 Å². The number of amides is 1. The summed E-state index contributed by atoms with van der Waals surface area (Å²) in [5.74, 6) is 0.775. The Morgan fingerprint density at radius 1 is 1.12 bits per heavy atom. The first-order chi connectivity index (χ1) is 16.3. The van der Waals surface area contributed by atoms with Crippen LogP contribution in [0, 0.1) is 0 Å². The average molecular weight is 465 g/mol. The molecule has 0 aliphatic carbocycles. The Balaban J connectivity index is 1.47.